The minimum absolute atomic E-state index is 0.153. The average molecular weight is 241 g/mol. The molecule has 0 aliphatic heterocycles. The van der Waals surface area contributed by atoms with Gasteiger partial charge in [0.1, 0.15) is 11.5 Å². The van der Waals surface area contributed by atoms with Crippen LogP contribution in [0.1, 0.15) is 17.2 Å². The molecule has 0 aromatic heterocycles. The van der Waals surface area contributed by atoms with Crippen molar-refractivity contribution < 1.29 is 19.3 Å². The van der Waals surface area contributed by atoms with Crippen LogP contribution < -0.4 is 15.2 Å². The van der Waals surface area contributed by atoms with Crippen LogP contribution in [0.2, 0.25) is 0 Å². The second-order valence-corrected chi connectivity index (χ2v) is 3.62. The summed E-state index contributed by atoms with van der Waals surface area (Å²) in [5, 5.41) is 9.17. The van der Waals surface area contributed by atoms with E-state index in [4.69, 9.17) is 19.9 Å². The van der Waals surface area contributed by atoms with Crippen molar-refractivity contribution in [1.29, 1.82) is 0 Å². The second-order valence-electron chi connectivity index (χ2n) is 3.62. The van der Waals surface area contributed by atoms with Gasteiger partial charge in [-0.25, -0.2) is 0 Å². The number of aliphatic hydroxyl groups is 1. The lowest BCUT2D eigenvalue weighted by atomic mass is 10.00. The highest BCUT2D eigenvalue weighted by molar-refractivity contribution is 5.48. The van der Waals surface area contributed by atoms with Gasteiger partial charge in [-0.1, -0.05) is 0 Å². The molecular weight excluding hydrogens is 222 g/mol. The van der Waals surface area contributed by atoms with Gasteiger partial charge in [-0.05, 0) is 11.6 Å². The van der Waals surface area contributed by atoms with E-state index in [-0.39, 0.29) is 6.61 Å². The van der Waals surface area contributed by atoms with Crippen LogP contribution in [-0.4, -0.2) is 33.0 Å². The van der Waals surface area contributed by atoms with Gasteiger partial charge in [0.25, 0.3) is 0 Å². The fourth-order valence-corrected chi connectivity index (χ4v) is 1.73. The molecule has 0 aliphatic carbocycles. The van der Waals surface area contributed by atoms with E-state index in [1.54, 1.807) is 27.4 Å². The van der Waals surface area contributed by atoms with Crippen molar-refractivity contribution >= 4 is 0 Å². The van der Waals surface area contributed by atoms with Crippen LogP contribution in [0.3, 0.4) is 0 Å². The summed E-state index contributed by atoms with van der Waals surface area (Å²) in [6, 6.07) is 3.07. The molecule has 0 spiro atoms. The average Bonchev–Trinajstić information content (AvgIpc) is 2.37. The van der Waals surface area contributed by atoms with Crippen molar-refractivity contribution in [3.05, 3.63) is 23.3 Å². The van der Waals surface area contributed by atoms with Gasteiger partial charge in [-0.15, -0.1) is 0 Å². The molecule has 0 amide bonds. The molecule has 0 aliphatic rings. The standard InChI is InChI=1S/C12H19NO4/c1-15-7-8-4-9(16-2)5-11(17-3)12(8)10(13)6-14/h4-5,10,14H,6-7,13H2,1-3H3. The van der Waals surface area contributed by atoms with Crippen molar-refractivity contribution in [2.75, 3.05) is 27.9 Å². The van der Waals surface area contributed by atoms with Crippen molar-refractivity contribution in [2.45, 2.75) is 12.6 Å². The smallest absolute Gasteiger partial charge is 0.127 e. The van der Waals surface area contributed by atoms with Crippen LogP contribution in [-0.2, 0) is 11.3 Å². The van der Waals surface area contributed by atoms with Gasteiger partial charge < -0.3 is 25.1 Å². The molecule has 1 unspecified atom stereocenters. The molecule has 5 nitrogen and oxygen atoms in total. The Morgan fingerprint density at radius 3 is 2.41 bits per heavy atom. The van der Waals surface area contributed by atoms with E-state index in [1.165, 1.54) is 0 Å². The first kappa shape index (κ1) is 13.8. The van der Waals surface area contributed by atoms with E-state index in [0.717, 1.165) is 11.1 Å². The number of benzene rings is 1. The zero-order valence-corrected chi connectivity index (χ0v) is 10.4. The molecule has 3 N–H and O–H groups in total. The number of nitrogens with two attached hydrogens (primary N) is 1. The molecule has 0 saturated carbocycles. The highest BCUT2D eigenvalue weighted by atomic mass is 16.5. The topological polar surface area (TPSA) is 73.9 Å². The molecule has 0 radical (unpaired) electrons. The molecule has 1 atom stereocenters. The van der Waals surface area contributed by atoms with Crippen LogP contribution in [0.4, 0.5) is 0 Å². The fraction of sp³-hybridized carbons (Fsp3) is 0.500. The number of methoxy groups -OCH3 is 3. The van der Waals surface area contributed by atoms with E-state index < -0.39 is 6.04 Å². The van der Waals surface area contributed by atoms with Crippen molar-refractivity contribution in [2.24, 2.45) is 5.73 Å². The summed E-state index contributed by atoms with van der Waals surface area (Å²) < 4.78 is 15.6. The first-order chi connectivity index (χ1) is 8.17. The number of hydrogen-bond acceptors (Lipinski definition) is 5. The SMILES string of the molecule is COCc1cc(OC)cc(OC)c1C(N)CO. The summed E-state index contributed by atoms with van der Waals surface area (Å²) in [7, 11) is 4.73. The summed E-state index contributed by atoms with van der Waals surface area (Å²) >= 11 is 0. The summed E-state index contributed by atoms with van der Waals surface area (Å²) in [6.07, 6.45) is 0. The maximum Gasteiger partial charge on any atom is 0.127 e. The normalized spacial score (nSPS) is 12.3. The Morgan fingerprint density at radius 2 is 1.94 bits per heavy atom. The summed E-state index contributed by atoms with van der Waals surface area (Å²) in [5.41, 5.74) is 7.47. The summed E-state index contributed by atoms with van der Waals surface area (Å²) in [4.78, 5) is 0. The minimum atomic E-state index is -0.499. The zero-order chi connectivity index (χ0) is 12.8. The molecule has 0 saturated heterocycles. The van der Waals surface area contributed by atoms with Gasteiger partial charge in [-0.3, -0.25) is 0 Å². The third kappa shape index (κ3) is 3.09. The van der Waals surface area contributed by atoms with Crippen LogP contribution in [0.5, 0.6) is 11.5 Å². The predicted octanol–water partition coefficient (Wildman–Crippen LogP) is 0.842. The van der Waals surface area contributed by atoms with Crippen LogP contribution >= 0.6 is 0 Å². The number of rotatable bonds is 6. The first-order valence-corrected chi connectivity index (χ1v) is 5.28. The van der Waals surface area contributed by atoms with Gasteiger partial charge >= 0.3 is 0 Å². The van der Waals surface area contributed by atoms with Gasteiger partial charge in [0.05, 0.1) is 33.5 Å². The third-order valence-corrected chi connectivity index (χ3v) is 2.52. The lowest BCUT2D eigenvalue weighted by Gasteiger charge is -2.19. The lowest BCUT2D eigenvalue weighted by molar-refractivity contribution is 0.181. The summed E-state index contributed by atoms with van der Waals surface area (Å²) in [6.45, 7) is 0.232. The number of aliphatic hydroxyl groups excluding tert-OH is 1. The molecule has 0 heterocycles. The largest absolute Gasteiger partial charge is 0.497 e. The van der Waals surface area contributed by atoms with E-state index in [1.807, 2.05) is 6.07 Å². The van der Waals surface area contributed by atoms with Gasteiger partial charge in [0.15, 0.2) is 0 Å². The quantitative estimate of drug-likeness (QED) is 0.772. The predicted molar refractivity (Wildman–Crippen MR) is 64.3 cm³/mol. The molecular formula is C12H19NO4. The fourth-order valence-electron chi connectivity index (χ4n) is 1.73. The molecule has 5 heteroatoms. The van der Waals surface area contributed by atoms with E-state index in [9.17, 15) is 5.11 Å². The van der Waals surface area contributed by atoms with Gasteiger partial charge in [0.2, 0.25) is 0 Å². The zero-order valence-electron chi connectivity index (χ0n) is 10.4. The third-order valence-electron chi connectivity index (χ3n) is 2.52. The van der Waals surface area contributed by atoms with Crippen LogP contribution in [0.15, 0.2) is 12.1 Å². The molecule has 1 aromatic rings. The monoisotopic (exact) mass is 241 g/mol. The highest BCUT2D eigenvalue weighted by Crippen LogP contribution is 2.32. The molecule has 96 valence electrons. The lowest BCUT2D eigenvalue weighted by Crippen LogP contribution is -2.18. The maximum absolute atomic E-state index is 9.17. The van der Waals surface area contributed by atoms with Crippen molar-refractivity contribution in [1.82, 2.24) is 0 Å². The maximum atomic E-state index is 9.17. The van der Waals surface area contributed by atoms with E-state index in [0.29, 0.717) is 18.1 Å². The Labute approximate surface area is 101 Å². The Morgan fingerprint density at radius 1 is 1.24 bits per heavy atom. The van der Waals surface area contributed by atoms with Crippen LogP contribution in [0.25, 0.3) is 0 Å². The molecule has 1 aromatic carbocycles. The Balaban J connectivity index is 3.29. The molecule has 0 bridgehead atoms. The molecule has 17 heavy (non-hydrogen) atoms. The van der Waals surface area contributed by atoms with Gasteiger partial charge in [-0.2, -0.15) is 0 Å². The summed E-state index contributed by atoms with van der Waals surface area (Å²) in [5.74, 6) is 1.26. The van der Waals surface area contributed by atoms with E-state index in [2.05, 4.69) is 0 Å². The van der Waals surface area contributed by atoms with Gasteiger partial charge in [0, 0.05) is 18.7 Å². The Hall–Kier alpha value is -1.30. The van der Waals surface area contributed by atoms with Crippen LogP contribution in [0, 0.1) is 0 Å². The Bertz CT molecular complexity index is 368. The minimum Gasteiger partial charge on any atom is -0.497 e. The van der Waals surface area contributed by atoms with Crippen molar-refractivity contribution in [3.63, 3.8) is 0 Å². The molecule has 0 fully saturated rings. The van der Waals surface area contributed by atoms with Crippen molar-refractivity contribution in [3.8, 4) is 11.5 Å². The number of ether oxygens (including phenoxy) is 3. The highest BCUT2D eigenvalue weighted by Gasteiger charge is 2.17. The Kier molecular flexibility index (Phi) is 5.21. The molecule has 1 rings (SSSR count). The second kappa shape index (κ2) is 6.44. The van der Waals surface area contributed by atoms with E-state index >= 15 is 0 Å². The number of hydrogen-bond donors (Lipinski definition) is 2. The first-order valence-electron chi connectivity index (χ1n) is 5.28.